The lowest BCUT2D eigenvalue weighted by atomic mass is 10.1. The van der Waals surface area contributed by atoms with Crippen LogP contribution in [0.2, 0.25) is 0 Å². The largest absolute Gasteiger partial charge is 0.493 e. The molecule has 0 saturated heterocycles. The Labute approximate surface area is 148 Å². The van der Waals surface area contributed by atoms with Crippen LogP contribution in [0, 0.1) is 0 Å². The van der Waals surface area contributed by atoms with Crippen molar-refractivity contribution in [1.29, 1.82) is 0 Å². The molecule has 2 aromatic carbocycles. The molecule has 0 atom stereocenters. The fourth-order valence-electron chi connectivity index (χ4n) is 3.00. The van der Waals surface area contributed by atoms with E-state index < -0.39 is 0 Å². The second-order valence-electron chi connectivity index (χ2n) is 6.28. The van der Waals surface area contributed by atoms with Crippen molar-refractivity contribution in [3.63, 3.8) is 0 Å². The minimum atomic E-state index is 0.645. The molecule has 0 amide bonds. The monoisotopic (exact) mass is 339 g/mol. The van der Waals surface area contributed by atoms with Gasteiger partial charge in [-0.3, -0.25) is 0 Å². The predicted octanol–water partition coefficient (Wildman–Crippen LogP) is 3.77. The Morgan fingerprint density at radius 3 is 2.56 bits per heavy atom. The molecule has 5 heteroatoms. The van der Waals surface area contributed by atoms with E-state index >= 15 is 0 Å². The van der Waals surface area contributed by atoms with Crippen LogP contribution in [-0.2, 0) is 0 Å². The molecule has 3 rings (SSSR count). The van der Waals surface area contributed by atoms with E-state index in [1.54, 1.807) is 7.11 Å². The maximum atomic E-state index is 5.96. The number of pyridine rings is 1. The van der Waals surface area contributed by atoms with Crippen molar-refractivity contribution in [2.45, 2.75) is 6.42 Å². The van der Waals surface area contributed by atoms with Gasteiger partial charge in [-0.1, -0.05) is 18.2 Å². The molecule has 0 radical (unpaired) electrons. The fourth-order valence-corrected chi connectivity index (χ4v) is 3.00. The lowest BCUT2D eigenvalue weighted by Crippen LogP contribution is -2.15. The van der Waals surface area contributed by atoms with Gasteiger partial charge in [0.25, 0.3) is 0 Å². The van der Waals surface area contributed by atoms with Crippen molar-refractivity contribution in [3.05, 3.63) is 36.4 Å². The summed E-state index contributed by atoms with van der Waals surface area (Å²) in [6.45, 7) is 1.63. The van der Waals surface area contributed by atoms with Gasteiger partial charge in [0.1, 0.15) is 0 Å². The molecule has 0 saturated carbocycles. The summed E-state index contributed by atoms with van der Waals surface area (Å²) in [7, 11) is 7.72. The molecule has 0 spiro atoms. The van der Waals surface area contributed by atoms with Crippen LogP contribution in [0.15, 0.2) is 36.4 Å². The SMILES string of the molecule is CNc1c2ccccc2nc2cc(OCCCN(C)C)c(OC)cc12. The van der Waals surface area contributed by atoms with Crippen LogP contribution in [0.4, 0.5) is 5.69 Å². The zero-order chi connectivity index (χ0) is 17.8. The number of nitrogens with one attached hydrogen (secondary N) is 1. The molecule has 132 valence electrons. The van der Waals surface area contributed by atoms with Crippen LogP contribution in [0.25, 0.3) is 21.8 Å². The first-order valence-corrected chi connectivity index (χ1v) is 8.50. The molecule has 1 N–H and O–H groups in total. The van der Waals surface area contributed by atoms with Crippen molar-refractivity contribution in [2.24, 2.45) is 0 Å². The highest BCUT2D eigenvalue weighted by molar-refractivity contribution is 6.08. The summed E-state index contributed by atoms with van der Waals surface area (Å²) in [6, 6.07) is 12.1. The van der Waals surface area contributed by atoms with Crippen molar-refractivity contribution in [2.75, 3.05) is 46.7 Å². The average Bonchev–Trinajstić information content (AvgIpc) is 2.62. The first-order valence-electron chi connectivity index (χ1n) is 8.50. The van der Waals surface area contributed by atoms with Gasteiger partial charge < -0.3 is 19.7 Å². The number of aromatic nitrogens is 1. The number of fused-ring (bicyclic) bond motifs is 2. The van der Waals surface area contributed by atoms with Gasteiger partial charge in [0, 0.05) is 30.4 Å². The lowest BCUT2D eigenvalue weighted by Gasteiger charge is -2.15. The molecule has 0 aliphatic heterocycles. The summed E-state index contributed by atoms with van der Waals surface area (Å²) in [5, 5.41) is 5.43. The standard InChI is InChI=1S/C20H25N3O2/c1-21-20-14-8-5-6-9-16(14)22-17-13-19(18(24-4)12-15(17)20)25-11-7-10-23(2)3/h5-6,8-9,12-13H,7,10-11H2,1-4H3,(H,21,22). The van der Waals surface area contributed by atoms with Crippen molar-refractivity contribution in [3.8, 4) is 11.5 Å². The van der Waals surface area contributed by atoms with Gasteiger partial charge in [0.05, 0.1) is 30.4 Å². The number of anilines is 1. The Hall–Kier alpha value is -2.53. The maximum absolute atomic E-state index is 5.96. The third kappa shape index (κ3) is 3.61. The Morgan fingerprint density at radius 2 is 1.84 bits per heavy atom. The van der Waals surface area contributed by atoms with Crippen LogP contribution in [0.3, 0.4) is 0 Å². The Bertz CT molecular complexity index is 878. The first kappa shape index (κ1) is 17.3. The molecule has 0 unspecified atom stereocenters. The maximum Gasteiger partial charge on any atom is 0.163 e. The average molecular weight is 339 g/mol. The molecule has 0 aliphatic rings. The van der Waals surface area contributed by atoms with Gasteiger partial charge in [-0.25, -0.2) is 4.98 Å². The third-order valence-corrected chi connectivity index (χ3v) is 4.22. The van der Waals surface area contributed by atoms with Gasteiger partial charge in [0.2, 0.25) is 0 Å². The smallest absolute Gasteiger partial charge is 0.163 e. The number of para-hydroxylation sites is 1. The topological polar surface area (TPSA) is 46.6 Å². The number of hydrogen-bond donors (Lipinski definition) is 1. The zero-order valence-corrected chi connectivity index (χ0v) is 15.3. The van der Waals surface area contributed by atoms with E-state index in [2.05, 4.69) is 30.4 Å². The highest BCUT2D eigenvalue weighted by Crippen LogP contribution is 2.37. The highest BCUT2D eigenvalue weighted by Gasteiger charge is 2.13. The third-order valence-electron chi connectivity index (χ3n) is 4.22. The highest BCUT2D eigenvalue weighted by atomic mass is 16.5. The summed E-state index contributed by atoms with van der Waals surface area (Å²) < 4.78 is 11.5. The number of hydrogen-bond acceptors (Lipinski definition) is 5. The number of methoxy groups -OCH3 is 1. The van der Waals surface area contributed by atoms with Crippen molar-refractivity contribution >= 4 is 27.5 Å². The molecule has 0 bridgehead atoms. The molecule has 0 aliphatic carbocycles. The predicted molar refractivity (Wildman–Crippen MR) is 104 cm³/mol. The number of rotatable bonds is 7. The first-order chi connectivity index (χ1) is 12.1. The summed E-state index contributed by atoms with van der Waals surface area (Å²) >= 11 is 0. The van der Waals surface area contributed by atoms with Gasteiger partial charge >= 0.3 is 0 Å². The molecule has 5 nitrogen and oxygen atoms in total. The van der Waals surface area contributed by atoms with Crippen molar-refractivity contribution < 1.29 is 9.47 Å². The van der Waals surface area contributed by atoms with Crippen LogP contribution in [0.5, 0.6) is 11.5 Å². The van der Waals surface area contributed by atoms with Crippen molar-refractivity contribution in [1.82, 2.24) is 9.88 Å². The van der Waals surface area contributed by atoms with E-state index in [9.17, 15) is 0 Å². The van der Waals surface area contributed by atoms with E-state index in [-0.39, 0.29) is 0 Å². The molecular weight excluding hydrogens is 314 g/mol. The number of ether oxygens (including phenoxy) is 2. The van der Waals surface area contributed by atoms with Crippen LogP contribution in [-0.4, -0.2) is 51.3 Å². The minimum Gasteiger partial charge on any atom is -0.493 e. The van der Waals surface area contributed by atoms with Gasteiger partial charge in [-0.05, 0) is 32.6 Å². The summed E-state index contributed by atoms with van der Waals surface area (Å²) in [5.74, 6) is 1.46. The summed E-state index contributed by atoms with van der Waals surface area (Å²) in [6.07, 6.45) is 0.959. The Kier molecular flexibility index (Phi) is 5.24. The van der Waals surface area contributed by atoms with Crippen LogP contribution < -0.4 is 14.8 Å². The van der Waals surface area contributed by atoms with Gasteiger partial charge in [-0.15, -0.1) is 0 Å². The zero-order valence-electron chi connectivity index (χ0n) is 15.3. The number of nitrogens with zero attached hydrogens (tertiary/aromatic N) is 2. The second kappa shape index (κ2) is 7.57. The number of benzene rings is 2. The quantitative estimate of drug-likeness (QED) is 0.524. The Balaban J connectivity index is 2.03. The van der Waals surface area contributed by atoms with E-state index in [0.29, 0.717) is 6.61 Å². The van der Waals surface area contributed by atoms with E-state index in [4.69, 9.17) is 14.5 Å². The molecular formula is C20H25N3O2. The lowest BCUT2D eigenvalue weighted by molar-refractivity contribution is 0.268. The normalized spacial score (nSPS) is 11.2. The Morgan fingerprint density at radius 1 is 1.04 bits per heavy atom. The molecule has 1 heterocycles. The van der Waals surface area contributed by atoms with Gasteiger partial charge in [0.15, 0.2) is 11.5 Å². The minimum absolute atomic E-state index is 0.645. The molecule has 1 aromatic heterocycles. The van der Waals surface area contributed by atoms with Crippen LogP contribution in [0.1, 0.15) is 6.42 Å². The summed E-state index contributed by atoms with van der Waals surface area (Å²) in [4.78, 5) is 6.94. The summed E-state index contributed by atoms with van der Waals surface area (Å²) in [5.41, 5.74) is 2.91. The van der Waals surface area contributed by atoms with Crippen LogP contribution >= 0.6 is 0 Å². The van der Waals surface area contributed by atoms with E-state index in [1.165, 1.54) is 0 Å². The van der Waals surface area contributed by atoms with E-state index in [0.717, 1.165) is 52.0 Å². The molecule has 25 heavy (non-hydrogen) atoms. The molecule has 0 fully saturated rings. The van der Waals surface area contributed by atoms with E-state index in [1.807, 2.05) is 37.4 Å². The van der Waals surface area contributed by atoms with Gasteiger partial charge in [-0.2, -0.15) is 0 Å². The second-order valence-corrected chi connectivity index (χ2v) is 6.28. The fraction of sp³-hybridized carbons (Fsp3) is 0.350. The molecule has 3 aromatic rings.